The third-order valence-corrected chi connectivity index (χ3v) is 9.43. The number of aromatic nitrogens is 2. The van der Waals surface area contributed by atoms with E-state index in [2.05, 4.69) is 10.2 Å². The summed E-state index contributed by atoms with van der Waals surface area (Å²) in [6.45, 7) is 1.89. The van der Waals surface area contributed by atoms with Gasteiger partial charge in [-0.1, -0.05) is 83.8 Å². The molecule has 1 fully saturated rings. The van der Waals surface area contributed by atoms with Crippen molar-refractivity contribution in [1.82, 2.24) is 15.1 Å². The van der Waals surface area contributed by atoms with Crippen molar-refractivity contribution in [1.29, 1.82) is 0 Å². The molecular weight excluding hydrogens is 517 g/mol. The molecule has 3 heterocycles. The number of methoxy groups -OCH3 is 1. The van der Waals surface area contributed by atoms with Gasteiger partial charge in [0.1, 0.15) is 16.1 Å². The van der Waals surface area contributed by atoms with Crippen molar-refractivity contribution in [3.8, 4) is 0 Å². The van der Waals surface area contributed by atoms with E-state index in [1.807, 2.05) is 67.6 Å². The second-order valence-corrected chi connectivity index (χ2v) is 11.7. The molecule has 0 bridgehead atoms. The Morgan fingerprint density at radius 2 is 1.81 bits per heavy atom. The first kappa shape index (κ1) is 25.0. The van der Waals surface area contributed by atoms with Gasteiger partial charge in [0.2, 0.25) is 5.72 Å². The van der Waals surface area contributed by atoms with Crippen LogP contribution < -0.4 is 5.73 Å². The number of carbonyl (C=O) groups is 2. The van der Waals surface area contributed by atoms with Gasteiger partial charge in [0.25, 0.3) is 5.91 Å². The maximum Gasteiger partial charge on any atom is 0.356 e. The van der Waals surface area contributed by atoms with Crippen LogP contribution in [0.15, 0.2) is 76.3 Å². The minimum Gasteiger partial charge on any atom is -0.448 e. The van der Waals surface area contributed by atoms with Crippen LogP contribution in [0.1, 0.15) is 22.2 Å². The predicted octanol–water partition coefficient (Wildman–Crippen LogP) is 3.74. The average molecular weight is 541 g/mol. The number of β-lactam (4-membered cyclic amide) rings is 1. The van der Waals surface area contributed by atoms with Crippen LogP contribution in [-0.2, 0) is 19.1 Å². The first-order valence-electron chi connectivity index (χ1n) is 11.2. The number of esters is 1. The van der Waals surface area contributed by atoms with E-state index in [9.17, 15) is 9.59 Å². The van der Waals surface area contributed by atoms with Crippen molar-refractivity contribution in [3.05, 3.63) is 88.1 Å². The lowest BCUT2D eigenvalue weighted by Gasteiger charge is -2.54. The maximum absolute atomic E-state index is 13.8. The third-order valence-electron chi connectivity index (χ3n) is 5.98. The fourth-order valence-corrected chi connectivity index (χ4v) is 7.48. The smallest absolute Gasteiger partial charge is 0.356 e. The lowest BCUT2D eigenvalue weighted by Crippen LogP contribution is -2.78. The number of nitrogens with two attached hydrogens (primary N) is 1. The Bertz CT molecular complexity index is 1260. The molecule has 1 saturated heterocycles. The van der Waals surface area contributed by atoms with E-state index in [1.165, 1.54) is 46.9 Å². The van der Waals surface area contributed by atoms with Gasteiger partial charge in [-0.15, -0.1) is 22.0 Å². The second kappa shape index (κ2) is 10.3. The summed E-state index contributed by atoms with van der Waals surface area (Å²) in [5.41, 5.74) is 7.44. The Kier molecular flexibility index (Phi) is 7.18. The number of amides is 1. The molecule has 5 rings (SSSR count). The maximum atomic E-state index is 13.8. The number of aryl methyl sites for hydroxylation is 1. The van der Waals surface area contributed by atoms with E-state index in [-0.39, 0.29) is 5.70 Å². The first-order chi connectivity index (χ1) is 17.4. The third kappa shape index (κ3) is 4.57. The van der Waals surface area contributed by atoms with Gasteiger partial charge in [-0.05, 0) is 23.6 Å². The number of benzene rings is 2. The van der Waals surface area contributed by atoms with E-state index in [4.69, 9.17) is 15.2 Å². The summed E-state index contributed by atoms with van der Waals surface area (Å²) in [6, 6.07) is 19.1. The lowest BCUT2D eigenvalue weighted by molar-refractivity contribution is -0.183. The Balaban J connectivity index is 1.49. The molecule has 36 heavy (non-hydrogen) atoms. The Hall–Kier alpha value is -2.70. The quantitative estimate of drug-likeness (QED) is 0.198. The molecule has 3 aromatic rings. The van der Waals surface area contributed by atoms with Gasteiger partial charge >= 0.3 is 5.97 Å². The molecule has 1 aromatic heterocycles. The minimum absolute atomic E-state index is 0.229. The van der Waals surface area contributed by atoms with Gasteiger partial charge in [-0.2, -0.15) is 0 Å². The van der Waals surface area contributed by atoms with Crippen LogP contribution in [0.2, 0.25) is 0 Å². The molecule has 1 amide bonds. The van der Waals surface area contributed by atoms with Gasteiger partial charge in [-0.3, -0.25) is 15.4 Å². The van der Waals surface area contributed by atoms with Crippen molar-refractivity contribution < 1.29 is 19.1 Å². The van der Waals surface area contributed by atoms with Crippen LogP contribution in [0.3, 0.4) is 0 Å². The molecule has 2 aliphatic heterocycles. The molecule has 186 valence electrons. The van der Waals surface area contributed by atoms with Crippen LogP contribution in [-0.4, -0.2) is 56.7 Å². The number of fused-ring (bicyclic) bond motifs is 1. The molecule has 2 aliphatic rings. The van der Waals surface area contributed by atoms with Crippen molar-refractivity contribution in [2.24, 2.45) is 5.73 Å². The van der Waals surface area contributed by atoms with Crippen molar-refractivity contribution in [2.75, 3.05) is 18.6 Å². The zero-order valence-corrected chi connectivity index (χ0v) is 22.1. The van der Waals surface area contributed by atoms with Gasteiger partial charge in [0.05, 0.1) is 0 Å². The van der Waals surface area contributed by atoms with Gasteiger partial charge in [0, 0.05) is 18.6 Å². The van der Waals surface area contributed by atoms with Gasteiger partial charge < -0.3 is 9.47 Å². The standard InChI is InChI=1S/C25H24N4O4S3/c1-15-27-28-24(36-15)35-14-18-13-34-23-25(26,32-2)22(31)29(23)19(18)21(30)33-20(16-9-5-3-6-10-16)17-11-7-4-8-12-17/h3-12,20,23H,13-14,26H2,1-2H3/t23-,25+/m1/s1. The fourth-order valence-electron chi connectivity index (χ4n) is 4.13. The van der Waals surface area contributed by atoms with Gasteiger partial charge in [-0.25, -0.2) is 4.79 Å². The normalized spacial score (nSPS) is 21.4. The molecule has 0 spiro atoms. The number of hydrogen-bond acceptors (Lipinski definition) is 10. The van der Waals surface area contributed by atoms with Crippen LogP contribution in [0.4, 0.5) is 0 Å². The number of ether oxygens (including phenoxy) is 2. The van der Waals surface area contributed by atoms with Crippen molar-refractivity contribution in [2.45, 2.75) is 28.5 Å². The number of carbonyl (C=O) groups excluding carboxylic acids is 2. The minimum atomic E-state index is -1.47. The molecular formula is C25H24N4O4S3. The van der Waals surface area contributed by atoms with E-state index in [0.29, 0.717) is 11.5 Å². The molecule has 0 unspecified atom stereocenters. The largest absolute Gasteiger partial charge is 0.448 e. The second-order valence-electron chi connectivity index (χ2n) is 8.27. The summed E-state index contributed by atoms with van der Waals surface area (Å²) in [4.78, 5) is 28.3. The number of hydrogen-bond donors (Lipinski definition) is 1. The molecule has 0 radical (unpaired) electrons. The van der Waals surface area contributed by atoms with E-state index >= 15 is 0 Å². The SMILES string of the molecule is CO[C@@]1(N)C(=O)N2C(C(=O)OC(c3ccccc3)c3ccccc3)=C(CSc3nnc(C)s3)CS[C@@H]21. The summed E-state index contributed by atoms with van der Waals surface area (Å²) in [7, 11) is 1.40. The Labute approximate surface area is 221 Å². The summed E-state index contributed by atoms with van der Waals surface area (Å²) < 4.78 is 12.3. The van der Waals surface area contributed by atoms with Crippen molar-refractivity contribution in [3.63, 3.8) is 0 Å². The Morgan fingerprint density at radius 3 is 2.36 bits per heavy atom. The van der Waals surface area contributed by atoms with Crippen LogP contribution >= 0.6 is 34.9 Å². The highest BCUT2D eigenvalue weighted by Crippen LogP contribution is 2.46. The Morgan fingerprint density at radius 1 is 1.17 bits per heavy atom. The van der Waals surface area contributed by atoms with Gasteiger partial charge in [0.15, 0.2) is 10.4 Å². The zero-order chi connectivity index (χ0) is 25.3. The summed E-state index contributed by atoms with van der Waals surface area (Å²) in [5, 5.41) is 8.57. The summed E-state index contributed by atoms with van der Waals surface area (Å²) in [6.07, 6.45) is -0.637. The topological polar surface area (TPSA) is 108 Å². The van der Waals surface area contributed by atoms with Crippen LogP contribution in [0, 0.1) is 6.92 Å². The van der Waals surface area contributed by atoms with Crippen LogP contribution in [0.5, 0.6) is 0 Å². The first-order valence-corrected chi connectivity index (χ1v) is 14.0. The van der Waals surface area contributed by atoms with Crippen molar-refractivity contribution >= 4 is 46.7 Å². The van der Waals surface area contributed by atoms with Crippen LogP contribution in [0.25, 0.3) is 0 Å². The molecule has 0 saturated carbocycles. The monoisotopic (exact) mass is 540 g/mol. The predicted molar refractivity (Wildman–Crippen MR) is 140 cm³/mol. The highest BCUT2D eigenvalue weighted by molar-refractivity contribution is 8.01. The number of thioether (sulfide) groups is 2. The summed E-state index contributed by atoms with van der Waals surface area (Å²) in [5.74, 6) is -0.0603. The lowest BCUT2D eigenvalue weighted by atomic mass is 9.99. The molecule has 2 aromatic carbocycles. The highest BCUT2D eigenvalue weighted by atomic mass is 32.2. The van der Waals surface area contributed by atoms with E-state index in [0.717, 1.165) is 26.0 Å². The van der Waals surface area contributed by atoms with E-state index in [1.54, 1.807) is 0 Å². The molecule has 11 heteroatoms. The molecule has 0 aliphatic carbocycles. The number of nitrogens with zero attached hydrogens (tertiary/aromatic N) is 3. The zero-order valence-electron chi connectivity index (χ0n) is 19.6. The molecule has 2 N–H and O–H groups in total. The molecule has 2 atom stereocenters. The fraction of sp³-hybridized carbons (Fsp3) is 0.280. The number of rotatable bonds is 8. The van der Waals surface area contributed by atoms with E-state index < -0.39 is 29.1 Å². The summed E-state index contributed by atoms with van der Waals surface area (Å²) >= 11 is 4.44. The highest BCUT2D eigenvalue weighted by Gasteiger charge is 2.63. The molecule has 8 nitrogen and oxygen atoms in total. The average Bonchev–Trinajstić information content (AvgIpc) is 3.34.